The van der Waals surface area contributed by atoms with Crippen LogP contribution in [0.4, 0.5) is 0 Å². The largest absolute Gasteiger partial charge is 0.337 e. The molecule has 2 fully saturated rings. The van der Waals surface area contributed by atoms with E-state index in [0.717, 1.165) is 44.1 Å². The fourth-order valence-electron chi connectivity index (χ4n) is 3.75. The predicted octanol–water partition coefficient (Wildman–Crippen LogP) is 2.24. The summed E-state index contributed by atoms with van der Waals surface area (Å²) in [6.07, 6.45) is 7.99. The van der Waals surface area contributed by atoms with Crippen molar-refractivity contribution in [3.05, 3.63) is 18.0 Å². The lowest BCUT2D eigenvalue weighted by Crippen LogP contribution is -2.54. The van der Waals surface area contributed by atoms with Crippen molar-refractivity contribution >= 4 is 5.91 Å². The monoisotopic (exact) mass is 304 g/mol. The molecule has 1 aromatic rings. The van der Waals surface area contributed by atoms with Gasteiger partial charge in [0.25, 0.3) is 5.91 Å². The molecule has 2 aliphatic rings. The molecule has 0 spiro atoms. The third-order valence-electron chi connectivity index (χ3n) is 5.53. The normalized spacial score (nSPS) is 21.4. The van der Waals surface area contributed by atoms with Gasteiger partial charge in [-0.05, 0) is 52.3 Å². The van der Waals surface area contributed by atoms with Gasteiger partial charge in [-0.15, -0.1) is 0 Å². The number of likely N-dealkylation sites (tertiary alicyclic amines) is 1. The lowest BCUT2D eigenvalue weighted by molar-refractivity contribution is 0.0355. The molecular formula is C17H28N4O. The Morgan fingerprint density at radius 2 is 2.05 bits per heavy atom. The maximum absolute atomic E-state index is 12.7. The molecule has 0 radical (unpaired) electrons. The predicted molar refractivity (Wildman–Crippen MR) is 86.8 cm³/mol. The molecule has 1 amide bonds. The first-order valence-corrected chi connectivity index (χ1v) is 8.54. The van der Waals surface area contributed by atoms with E-state index >= 15 is 0 Å². The molecule has 1 saturated carbocycles. The number of aryl methyl sites for hydroxylation is 1. The molecule has 0 unspecified atom stereocenters. The minimum absolute atomic E-state index is 0.137. The maximum atomic E-state index is 12.7. The molecule has 1 aromatic heterocycles. The number of carbonyl (C=O) groups is 1. The summed E-state index contributed by atoms with van der Waals surface area (Å²) in [5, 5.41) is 4.22. The average Bonchev–Trinajstić information content (AvgIpc) is 3.19. The minimum Gasteiger partial charge on any atom is -0.337 e. The van der Waals surface area contributed by atoms with E-state index in [1.807, 2.05) is 17.9 Å². The number of hydrogen-bond donors (Lipinski definition) is 0. The maximum Gasteiger partial charge on any atom is 0.272 e. The van der Waals surface area contributed by atoms with E-state index in [0.29, 0.717) is 5.54 Å². The SMILES string of the molecule is CCn1nccc1C(=O)N1CCC(CC2CC2)(N(C)C)CC1. The summed E-state index contributed by atoms with van der Waals surface area (Å²) in [5.41, 5.74) is 1.02. The zero-order valence-corrected chi connectivity index (χ0v) is 14.1. The van der Waals surface area contributed by atoms with Gasteiger partial charge < -0.3 is 9.80 Å². The first kappa shape index (κ1) is 15.5. The number of hydrogen-bond acceptors (Lipinski definition) is 3. The van der Waals surface area contributed by atoms with E-state index in [4.69, 9.17) is 0 Å². The van der Waals surface area contributed by atoms with Crippen LogP contribution in [0, 0.1) is 5.92 Å². The molecule has 0 N–H and O–H groups in total. The van der Waals surface area contributed by atoms with E-state index in [9.17, 15) is 4.79 Å². The van der Waals surface area contributed by atoms with E-state index < -0.39 is 0 Å². The van der Waals surface area contributed by atoms with Crippen LogP contribution < -0.4 is 0 Å². The summed E-state index contributed by atoms with van der Waals surface area (Å²) < 4.78 is 1.79. The summed E-state index contributed by atoms with van der Waals surface area (Å²) in [4.78, 5) is 17.1. The summed E-state index contributed by atoms with van der Waals surface area (Å²) in [5.74, 6) is 1.06. The van der Waals surface area contributed by atoms with E-state index in [-0.39, 0.29) is 5.91 Å². The Hall–Kier alpha value is -1.36. The first-order chi connectivity index (χ1) is 10.6. The van der Waals surface area contributed by atoms with Crippen LogP contribution in [0.15, 0.2) is 12.3 Å². The number of amides is 1. The van der Waals surface area contributed by atoms with Crippen LogP contribution in [-0.2, 0) is 6.54 Å². The lowest BCUT2D eigenvalue weighted by Gasteiger charge is -2.46. The minimum atomic E-state index is 0.137. The van der Waals surface area contributed by atoms with E-state index in [1.165, 1.54) is 19.3 Å². The molecule has 1 aliphatic carbocycles. The lowest BCUT2D eigenvalue weighted by atomic mass is 9.81. The van der Waals surface area contributed by atoms with E-state index in [2.05, 4.69) is 24.1 Å². The first-order valence-electron chi connectivity index (χ1n) is 8.54. The molecule has 5 heteroatoms. The second-order valence-electron chi connectivity index (χ2n) is 7.09. The van der Waals surface area contributed by atoms with Gasteiger partial charge in [0.15, 0.2) is 0 Å². The molecule has 22 heavy (non-hydrogen) atoms. The molecule has 1 aliphatic heterocycles. The van der Waals surface area contributed by atoms with Gasteiger partial charge in [-0.1, -0.05) is 12.8 Å². The zero-order valence-electron chi connectivity index (χ0n) is 14.1. The zero-order chi connectivity index (χ0) is 15.7. The standard InChI is InChI=1S/C17H28N4O/c1-4-21-15(7-10-18-21)16(22)20-11-8-17(9-12-20,19(2)3)13-14-5-6-14/h7,10,14H,4-6,8-9,11-13H2,1-3H3. The van der Waals surface area contributed by atoms with Gasteiger partial charge in [0, 0.05) is 31.4 Å². The van der Waals surface area contributed by atoms with Gasteiger partial charge >= 0.3 is 0 Å². The smallest absolute Gasteiger partial charge is 0.272 e. The third kappa shape index (κ3) is 2.91. The van der Waals surface area contributed by atoms with Gasteiger partial charge in [0.05, 0.1) is 0 Å². The number of carbonyl (C=O) groups excluding carboxylic acids is 1. The molecule has 0 bridgehead atoms. The topological polar surface area (TPSA) is 41.4 Å². The van der Waals surface area contributed by atoms with Crippen molar-refractivity contribution in [2.24, 2.45) is 5.92 Å². The highest BCUT2D eigenvalue weighted by Gasteiger charge is 2.42. The van der Waals surface area contributed by atoms with Crippen LogP contribution in [0.25, 0.3) is 0 Å². The number of aromatic nitrogens is 2. The van der Waals surface area contributed by atoms with Crippen LogP contribution in [0.1, 0.15) is 49.5 Å². The van der Waals surface area contributed by atoms with Gasteiger partial charge in [-0.2, -0.15) is 5.10 Å². The quantitative estimate of drug-likeness (QED) is 0.838. The number of piperidine rings is 1. The van der Waals surface area contributed by atoms with Crippen LogP contribution in [-0.4, -0.2) is 58.2 Å². The van der Waals surface area contributed by atoms with Crippen LogP contribution in [0.5, 0.6) is 0 Å². The fraction of sp³-hybridized carbons (Fsp3) is 0.765. The number of nitrogens with zero attached hydrogens (tertiary/aromatic N) is 4. The van der Waals surface area contributed by atoms with Crippen molar-refractivity contribution < 1.29 is 4.79 Å². The Balaban J connectivity index is 1.66. The second kappa shape index (κ2) is 6.03. The molecule has 5 nitrogen and oxygen atoms in total. The number of rotatable bonds is 5. The van der Waals surface area contributed by atoms with Crippen LogP contribution >= 0.6 is 0 Å². The Labute approximate surface area is 133 Å². The Bertz CT molecular complexity index is 525. The Kier molecular flexibility index (Phi) is 4.26. The molecule has 3 rings (SSSR count). The third-order valence-corrected chi connectivity index (χ3v) is 5.53. The summed E-state index contributed by atoms with van der Waals surface area (Å²) in [7, 11) is 4.40. The highest BCUT2D eigenvalue weighted by Crippen LogP contribution is 2.42. The van der Waals surface area contributed by atoms with Gasteiger partial charge in [0.2, 0.25) is 0 Å². The average molecular weight is 304 g/mol. The van der Waals surface area contributed by atoms with Gasteiger partial charge in [0.1, 0.15) is 5.69 Å². The van der Waals surface area contributed by atoms with Crippen molar-refractivity contribution in [1.82, 2.24) is 19.6 Å². The summed E-state index contributed by atoms with van der Waals surface area (Å²) in [6.45, 7) is 4.48. The summed E-state index contributed by atoms with van der Waals surface area (Å²) in [6, 6.07) is 1.84. The van der Waals surface area contributed by atoms with Crippen molar-refractivity contribution in [3.63, 3.8) is 0 Å². The van der Waals surface area contributed by atoms with Crippen molar-refractivity contribution in [2.45, 2.75) is 51.1 Å². The molecule has 2 heterocycles. The van der Waals surface area contributed by atoms with Crippen molar-refractivity contribution in [2.75, 3.05) is 27.2 Å². The molecule has 0 atom stereocenters. The fourth-order valence-corrected chi connectivity index (χ4v) is 3.75. The molecule has 1 saturated heterocycles. The Morgan fingerprint density at radius 3 is 2.59 bits per heavy atom. The van der Waals surface area contributed by atoms with Crippen molar-refractivity contribution in [3.8, 4) is 0 Å². The van der Waals surface area contributed by atoms with Gasteiger partial charge in [-0.3, -0.25) is 9.48 Å². The summed E-state index contributed by atoms with van der Waals surface area (Å²) >= 11 is 0. The molecule has 0 aromatic carbocycles. The molecular weight excluding hydrogens is 276 g/mol. The van der Waals surface area contributed by atoms with Gasteiger partial charge in [-0.25, -0.2) is 0 Å². The second-order valence-corrected chi connectivity index (χ2v) is 7.09. The van der Waals surface area contributed by atoms with Crippen LogP contribution in [0.2, 0.25) is 0 Å². The Morgan fingerprint density at radius 1 is 1.36 bits per heavy atom. The molecule has 122 valence electrons. The highest BCUT2D eigenvalue weighted by molar-refractivity contribution is 5.92. The van der Waals surface area contributed by atoms with Crippen LogP contribution in [0.3, 0.4) is 0 Å². The van der Waals surface area contributed by atoms with Crippen molar-refractivity contribution in [1.29, 1.82) is 0 Å². The van der Waals surface area contributed by atoms with E-state index in [1.54, 1.807) is 10.9 Å². The highest BCUT2D eigenvalue weighted by atomic mass is 16.2.